The van der Waals surface area contributed by atoms with Crippen LogP contribution >= 0.6 is 23.2 Å². The molecular formula is C20H22Cl2N4O4S. The number of carbonyl (C=O) groups excluding carboxylic acids is 2. The highest BCUT2D eigenvalue weighted by molar-refractivity contribution is 7.92. The second kappa shape index (κ2) is 9.76. The van der Waals surface area contributed by atoms with Gasteiger partial charge in [-0.15, -0.1) is 0 Å². The Morgan fingerprint density at radius 2 is 1.90 bits per heavy atom. The van der Waals surface area contributed by atoms with Crippen molar-refractivity contribution in [3.63, 3.8) is 0 Å². The molecule has 2 aromatic carbocycles. The molecule has 0 unspecified atom stereocenters. The number of sulfonamides is 1. The van der Waals surface area contributed by atoms with Gasteiger partial charge in [0.2, 0.25) is 10.0 Å². The van der Waals surface area contributed by atoms with Gasteiger partial charge in [-0.05, 0) is 35.9 Å². The molecule has 8 nitrogen and oxygen atoms in total. The number of amides is 3. The molecule has 0 atom stereocenters. The molecule has 11 heteroatoms. The Kier molecular flexibility index (Phi) is 7.30. The van der Waals surface area contributed by atoms with Crippen LogP contribution in [0.5, 0.6) is 0 Å². The molecule has 1 heterocycles. The third-order valence-electron chi connectivity index (χ3n) is 4.78. The van der Waals surface area contributed by atoms with E-state index in [9.17, 15) is 18.0 Å². The zero-order valence-corrected chi connectivity index (χ0v) is 19.1. The van der Waals surface area contributed by atoms with Gasteiger partial charge in [-0.3, -0.25) is 9.10 Å². The molecule has 1 aliphatic heterocycles. The number of carbonyl (C=O) groups is 2. The Morgan fingerprint density at radius 3 is 2.52 bits per heavy atom. The zero-order valence-electron chi connectivity index (χ0n) is 16.8. The molecule has 1 aliphatic rings. The van der Waals surface area contributed by atoms with Crippen LogP contribution < -0.4 is 14.9 Å². The maximum atomic E-state index is 12.4. The molecule has 1 saturated heterocycles. The average Bonchev–Trinajstić information content (AvgIpc) is 3.13. The summed E-state index contributed by atoms with van der Waals surface area (Å²) in [6.45, 7) is 1.95. The topological polar surface area (TPSA) is 98.8 Å². The first-order valence-electron chi connectivity index (χ1n) is 9.48. The van der Waals surface area contributed by atoms with E-state index in [1.807, 2.05) is 0 Å². The van der Waals surface area contributed by atoms with Crippen LogP contribution in [0.3, 0.4) is 0 Å². The maximum Gasteiger partial charge on any atom is 0.317 e. The van der Waals surface area contributed by atoms with E-state index in [1.165, 1.54) is 4.31 Å². The third kappa shape index (κ3) is 5.81. The van der Waals surface area contributed by atoms with Gasteiger partial charge in [0.1, 0.15) is 0 Å². The minimum atomic E-state index is -3.62. The summed E-state index contributed by atoms with van der Waals surface area (Å²) >= 11 is 12.2. The van der Waals surface area contributed by atoms with Crippen molar-refractivity contribution in [2.24, 2.45) is 0 Å². The van der Waals surface area contributed by atoms with Crippen molar-refractivity contribution in [1.82, 2.24) is 15.5 Å². The largest absolute Gasteiger partial charge is 0.350 e. The predicted molar refractivity (Wildman–Crippen MR) is 121 cm³/mol. The lowest BCUT2D eigenvalue weighted by Crippen LogP contribution is -2.36. The van der Waals surface area contributed by atoms with Crippen LogP contribution in [0, 0.1) is 0 Å². The standard InChI is InChI=1S/C20H22Cl2N4O4S/c1-31(29,30)26(13-15-3-2-4-17(21)18(15)22)16-7-5-14(6-8-16)19(27)23-9-11-25-12-10-24-20(25)28/h2-8H,9-13H2,1H3,(H,23,27)(H,24,28). The van der Waals surface area contributed by atoms with Gasteiger partial charge in [-0.2, -0.15) is 0 Å². The molecule has 1 fully saturated rings. The molecule has 0 aromatic heterocycles. The van der Waals surface area contributed by atoms with E-state index in [-0.39, 0.29) is 18.5 Å². The number of nitrogens with one attached hydrogen (secondary N) is 2. The lowest BCUT2D eigenvalue weighted by Gasteiger charge is -2.23. The van der Waals surface area contributed by atoms with Crippen molar-refractivity contribution in [1.29, 1.82) is 0 Å². The van der Waals surface area contributed by atoms with Crippen molar-refractivity contribution in [3.8, 4) is 0 Å². The summed E-state index contributed by atoms with van der Waals surface area (Å²) in [6.07, 6.45) is 1.10. The van der Waals surface area contributed by atoms with Gasteiger partial charge >= 0.3 is 6.03 Å². The maximum absolute atomic E-state index is 12.4. The Morgan fingerprint density at radius 1 is 1.19 bits per heavy atom. The van der Waals surface area contributed by atoms with Gasteiger partial charge in [0, 0.05) is 31.7 Å². The fourth-order valence-electron chi connectivity index (χ4n) is 3.14. The predicted octanol–water partition coefficient (Wildman–Crippen LogP) is 2.71. The van der Waals surface area contributed by atoms with Crippen LogP contribution in [0.2, 0.25) is 10.0 Å². The van der Waals surface area contributed by atoms with E-state index < -0.39 is 10.0 Å². The van der Waals surface area contributed by atoms with E-state index in [2.05, 4.69) is 10.6 Å². The van der Waals surface area contributed by atoms with Crippen LogP contribution in [0.1, 0.15) is 15.9 Å². The summed E-state index contributed by atoms with van der Waals surface area (Å²) in [5.41, 5.74) is 1.33. The SMILES string of the molecule is CS(=O)(=O)N(Cc1cccc(Cl)c1Cl)c1ccc(C(=O)NCCN2CCNC2=O)cc1. The minimum absolute atomic E-state index is 0.00166. The number of benzene rings is 2. The number of urea groups is 1. The molecule has 31 heavy (non-hydrogen) atoms. The number of hydrogen-bond acceptors (Lipinski definition) is 4. The lowest BCUT2D eigenvalue weighted by molar-refractivity contribution is 0.0950. The van der Waals surface area contributed by atoms with Gasteiger partial charge in [-0.1, -0.05) is 35.3 Å². The molecule has 2 aromatic rings. The van der Waals surface area contributed by atoms with Gasteiger partial charge in [0.05, 0.1) is 28.5 Å². The molecule has 0 spiro atoms. The van der Waals surface area contributed by atoms with Gasteiger partial charge in [0.25, 0.3) is 5.91 Å². The lowest BCUT2D eigenvalue weighted by atomic mass is 10.1. The molecule has 0 aliphatic carbocycles. The highest BCUT2D eigenvalue weighted by Crippen LogP contribution is 2.29. The number of halogens is 2. The summed E-state index contributed by atoms with van der Waals surface area (Å²) in [6, 6.07) is 11.1. The molecule has 0 bridgehead atoms. The van der Waals surface area contributed by atoms with Crippen molar-refractivity contribution in [2.45, 2.75) is 6.54 Å². The minimum Gasteiger partial charge on any atom is -0.350 e. The fraction of sp³-hybridized carbons (Fsp3) is 0.300. The number of nitrogens with zero attached hydrogens (tertiary/aromatic N) is 2. The smallest absolute Gasteiger partial charge is 0.317 e. The van der Waals surface area contributed by atoms with Crippen LogP contribution in [-0.2, 0) is 16.6 Å². The molecule has 0 saturated carbocycles. The fourth-order valence-corrected chi connectivity index (χ4v) is 4.39. The second-order valence-electron chi connectivity index (χ2n) is 7.00. The summed E-state index contributed by atoms with van der Waals surface area (Å²) in [5.74, 6) is -0.310. The Balaban J connectivity index is 1.68. The monoisotopic (exact) mass is 484 g/mol. The van der Waals surface area contributed by atoms with Crippen LogP contribution in [0.4, 0.5) is 10.5 Å². The summed E-state index contributed by atoms with van der Waals surface area (Å²) in [5, 5.41) is 6.08. The third-order valence-corrected chi connectivity index (χ3v) is 6.77. The van der Waals surface area contributed by atoms with Crippen molar-refractivity contribution in [3.05, 3.63) is 63.6 Å². The van der Waals surface area contributed by atoms with Crippen molar-refractivity contribution in [2.75, 3.05) is 36.7 Å². The second-order valence-corrected chi connectivity index (χ2v) is 9.70. The number of hydrogen-bond donors (Lipinski definition) is 2. The van der Waals surface area contributed by atoms with Crippen molar-refractivity contribution < 1.29 is 18.0 Å². The number of rotatable bonds is 8. The molecular weight excluding hydrogens is 463 g/mol. The Labute approximate surface area is 191 Å². The van der Waals surface area contributed by atoms with E-state index in [1.54, 1.807) is 47.4 Å². The zero-order chi connectivity index (χ0) is 22.6. The summed E-state index contributed by atoms with van der Waals surface area (Å²) in [4.78, 5) is 25.5. The van der Waals surface area contributed by atoms with Crippen LogP contribution in [-0.4, -0.2) is 57.7 Å². The first-order chi connectivity index (χ1) is 14.7. The highest BCUT2D eigenvalue weighted by atomic mass is 35.5. The first kappa shape index (κ1) is 23.2. The normalized spacial score (nSPS) is 13.8. The van der Waals surface area contributed by atoms with Crippen LogP contribution in [0.15, 0.2) is 42.5 Å². The van der Waals surface area contributed by atoms with E-state index in [4.69, 9.17) is 23.2 Å². The van der Waals surface area contributed by atoms with E-state index >= 15 is 0 Å². The molecule has 2 N–H and O–H groups in total. The van der Waals surface area contributed by atoms with Gasteiger partial charge in [-0.25, -0.2) is 13.2 Å². The van der Waals surface area contributed by atoms with Crippen LogP contribution in [0.25, 0.3) is 0 Å². The van der Waals surface area contributed by atoms with Gasteiger partial charge < -0.3 is 15.5 Å². The summed E-state index contributed by atoms with van der Waals surface area (Å²) < 4.78 is 25.9. The highest BCUT2D eigenvalue weighted by Gasteiger charge is 2.21. The molecule has 166 valence electrons. The first-order valence-corrected chi connectivity index (χ1v) is 12.1. The molecule has 3 amide bonds. The quantitative estimate of drug-likeness (QED) is 0.601. The van der Waals surface area contributed by atoms with E-state index in [0.29, 0.717) is 53.0 Å². The number of anilines is 1. The van der Waals surface area contributed by atoms with E-state index in [0.717, 1.165) is 6.26 Å². The Hall–Kier alpha value is -2.49. The Bertz CT molecular complexity index is 1080. The van der Waals surface area contributed by atoms with Crippen molar-refractivity contribution >= 4 is 50.9 Å². The van der Waals surface area contributed by atoms with Gasteiger partial charge in [0.15, 0.2) is 0 Å². The average molecular weight is 485 g/mol. The summed E-state index contributed by atoms with van der Waals surface area (Å²) in [7, 11) is -3.62. The molecule has 3 rings (SSSR count). The molecule has 0 radical (unpaired) electrons.